The van der Waals surface area contributed by atoms with Gasteiger partial charge in [0.05, 0.1) is 5.60 Å². The molecule has 0 aromatic rings. The summed E-state index contributed by atoms with van der Waals surface area (Å²) in [4.78, 5) is 0. The quantitative estimate of drug-likeness (QED) is 0.534. The van der Waals surface area contributed by atoms with Crippen LogP contribution in [0, 0.1) is 0 Å². The third kappa shape index (κ3) is 6.65. The molecule has 0 N–H and O–H groups in total. The zero-order valence-corrected chi connectivity index (χ0v) is 7.56. The Morgan fingerprint density at radius 3 is 2.00 bits per heavy atom. The van der Waals surface area contributed by atoms with Gasteiger partial charge in [-0.15, -0.1) is 0 Å². The molecule has 0 fully saturated rings. The van der Waals surface area contributed by atoms with Crippen molar-refractivity contribution in [2.75, 3.05) is 6.79 Å². The van der Waals surface area contributed by atoms with Crippen molar-refractivity contribution in [3.05, 3.63) is 0 Å². The number of rotatable bonds is 2. The fourth-order valence-corrected chi connectivity index (χ4v) is 0.326. The Labute approximate surface area is 64.2 Å². The Hall–Kier alpha value is 0.650. The predicted octanol–water partition coefficient (Wildman–Crippen LogP) is 2.13. The molecule has 0 saturated carbocycles. The third-order valence-electron chi connectivity index (χ3n) is 0.536. The first-order valence-corrected chi connectivity index (χ1v) is 3.32. The highest BCUT2D eigenvalue weighted by Crippen LogP contribution is 2.06. The molecule has 50 valence electrons. The Morgan fingerprint density at radius 1 is 1.38 bits per heavy atom. The Balaban J connectivity index is 3.11. The molecule has 0 saturated heterocycles. The van der Waals surface area contributed by atoms with E-state index in [2.05, 4.69) is 3.07 Å². The van der Waals surface area contributed by atoms with Gasteiger partial charge in [0.15, 0.2) is 6.79 Å². The van der Waals surface area contributed by atoms with Crippen LogP contribution in [0.25, 0.3) is 0 Å². The highest BCUT2D eigenvalue weighted by molar-refractivity contribution is 14.1. The molecule has 8 heavy (non-hydrogen) atoms. The van der Waals surface area contributed by atoms with E-state index in [1.165, 1.54) is 0 Å². The minimum absolute atomic E-state index is 0.0782. The Bertz CT molecular complexity index is 57.9. The number of hydrogen-bond donors (Lipinski definition) is 0. The molecule has 0 rings (SSSR count). The van der Waals surface area contributed by atoms with Gasteiger partial charge < -0.3 is 4.74 Å². The molecule has 0 aromatic carbocycles. The molecule has 0 heterocycles. The van der Waals surface area contributed by atoms with E-state index in [0.717, 1.165) is 0 Å². The molecular formula is C5H11IO2. The maximum Gasteiger partial charge on any atom is 0.158 e. The summed E-state index contributed by atoms with van der Waals surface area (Å²) in [6.07, 6.45) is 0. The van der Waals surface area contributed by atoms with Crippen molar-refractivity contribution < 1.29 is 7.80 Å². The summed E-state index contributed by atoms with van der Waals surface area (Å²) in [5, 5.41) is 0. The molecule has 0 radical (unpaired) electrons. The third-order valence-corrected chi connectivity index (χ3v) is 0.791. The first-order chi connectivity index (χ1) is 3.56. The van der Waals surface area contributed by atoms with Crippen molar-refractivity contribution >= 4 is 23.0 Å². The van der Waals surface area contributed by atoms with Gasteiger partial charge in [-0.25, -0.2) is 0 Å². The van der Waals surface area contributed by atoms with Crippen LogP contribution in [0.2, 0.25) is 0 Å². The van der Waals surface area contributed by atoms with Gasteiger partial charge in [0.1, 0.15) is 23.0 Å². The van der Waals surface area contributed by atoms with Crippen LogP contribution in [0.3, 0.4) is 0 Å². The highest BCUT2D eigenvalue weighted by Gasteiger charge is 2.08. The predicted molar refractivity (Wildman–Crippen MR) is 40.8 cm³/mol. The average Bonchev–Trinajstić information content (AvgIpc) is 1.59. The highest BCUT2D eigenvalue weighted by atomic mass is 127. The molecule has 3 heteroatoms. The molecule has 0 unspecified atom stereocenters. The fourth-order valence-electron chi connectivity index (χ4n) is 0.199. The van der Waals surface area contributed by atoms with E-state index >= 15 is 0 Å². The summed E-state index contributed by atoms with van der Waals surface area (Å²) in [5.74, 6) is 0. The smallest absolute Gasteiger partial charge is 0.158 e. The molecule has 0 amide bonds. The van der Waals surface area contributed by atoms with E-state index in [0.29, 0.717) is 6.79 Å². The maximum absolute atomic E-state index is 5.15. The van der Waals surface area contributed by atoms with Crippen LogP contribution >= 0.6 is 23.0 Å². The molecule has 0 atom stereocenters. The summed E-state index contributed by atoms with van der Waals surface area (Å²) < 4.78 is 9.81. The largest absolute Gasteiger partial charge is 0.349 e. The summed E-state index contributed by atoms with van der Waals surface area (Å²) in [7, 11) is 0. The van der Waals surface area contributed by atoms with Crippen LogP contribution in [0.1, 0.15) is 20.8 Å². The zero-order chi connectivity index (χ0) is 6.62. The lowest BCUT2D eigenvalue weighted by Crippen LogP contribution is -2.19. The van der Waals surface area contributed by atoms with Crippen molar-refractivity contribution in [1.29, 1.82) is 0 Å². The molecule has 0 spiro atoms. The minimum atomic E-state index is -0.0782. The van der Waals surface area contributed by atoms with Crippen LogP contribution in [0.4, 0.5) is 0 Å². The van der Waals surface area contributed by atoms with Gasteiger partial charge in [-0.05, 0) is 20.8 Å². The van der Waals surface area contributed by atoms with E-state index in [1.54, 1.807) is 23.0 Å². The van der Waals surface area contributed by atoms with E-state index in [1.807, 2.05) is 20.8 Å². The van der Waals surface area contributed by atoms with Gasteiger partial charge in [0.25, 0.3) is 0 Å². The van der Waals surface area contributed by atoms with Crippen molar-refractivity contribution in [1.82, 2.24) is 0 Å². The second-order valence-electron chi connectivity index (χ2n) is 2.48. The SMILES string of the molecule is CC(C)(C)OCOI. The number of hydrogen-bond acceptors (Lipinski definition) is 2. The Kier molecular flexibility index (Phi) is 3.93. The zero-order valence-electron chi connectivity index (χ0n) is 5.40. The first-order valence-electron chi connectivity index (χ1n) is 2.44. The second kappa shape index (κ2) is 3.63. The van der Waals surface area contributed by atoms with Gasteiger partial charge in [0, 0.05) is 0 Å². The van der Waals surface area contributed by atoms with Crippen LogP contribution in [-0.2, 0) is 7.80 Å². The second-order valence-corrected chi connectivity index (χ2v) is 3.11. The number of halogens is 1. The summed E-state index contributed by atoms with van der Waals surface area (Å²) in [6.45, 7) is 6.33. The minimum Gasteiger partial charge on any atom is -0.349 e. The van der Waals surface area contributed by atoms with Gasteiger partial charge in [-0.1, -0.05) is 0 Å². The molecule has 0 aliphatic rings. The van der Waals surface area contributed by atoms with Gasteiger partial charge in [-0.2, -0.15) is 0 Å². The molecule has 0 bridgehead atoms. The van der Waals surface area contributed by atoms with Gasteiger partial charge in [0.2, 0.25) is 0 Å². The maximum atomic E-state index is 5.15. The van der Waals surface area contributed by atoms with Crippen LogP contribution in [0.15, 0.2) is 0 Å². The first kappa shape index (κ1) is 8.65. The lowest BCUT2D eigenvalue weighted by Gasteiger charge is -2.17. The van der Waals surface area contributed by atoms with E-state index < -0.39 is 0 Å². The molecule has 0 aliphatic heterocycles. The van der Waals surface area contributed by atoms with Crippen LogP contribution in [-0.4, -0.2) is 12.4 Å². The Morgan fingerprint density at radius 2 is 1.88 bits per heavy atom. The molecule has 0 aromatic heterocycles. The average molecular weight is 230 g/mol. The molecular weight excluding hydrogens is 219 g/mol. The number of ether oxygens (including phenoxy) is 1. The van der Waals surface area contributed by atoms with Crippen LogP contribution in [0.5, 0.6) is 0 Å². The summed E-state index contributed by atoms with van der Waals surface area (Å²) in [6, 6.07) is 0. The monoisotopic (exact) mass is 230 g/mol. The van der Waals surface area contributed by atoms with Crippen molar-refractivity contribution in [2.24, 2.45) is 0 Å². The van der Waals surface area contributed by atoms with Crippen LogP contribution < -0.4 is 0 Å². The van der Waals surface area contributed by atoms with Gasteiger partial charge in [-0.3, -0.25) is 3.07 Å². The van der Waals surface area contributed by atoms with Crippen molar-refractivity contribution in [2.45, 2.75) is 26.4 Å². The summed E-state index contributed by atoms with van der Waals surface area (Å²) in [5.41, 5.74) is -0.0782. The van der Waals surface area contributed by atoms with E-state index in [-0.39, 0.29) is 5.60 Å². The van der Waals surface area contributed by atoms with Crippen molar-refractivity contribution in [3.8, 4) is 0 Å². The topological polar surface area (TPSA) is 18.5 Å². The van der Waals surface area contributed by atoms with Gasteiger partial charge >= 0.3 is 0 Å². The lowest BCUT2D eigenvalue weighted by molar-refractivity contribution is -0.0604. The fraction of sp³-hybridized carbons (Fsp3) is 1.00. The molecule has 2 nitrogen and oxygen atoms in total. The standard InChI is InChI=1S/C5H11IO2/c1-5(2,3)7-4-8-6/h4H2,1-3H3. The molecule has 0 aliphatic carbocycles. The van der Waals surface area contributed by atoms with E-state index in [9.17, 15) is 0 Å². The van der Waals surface area contributed by atoms with Crippen molar-refractivity contribution in [3.63, 3.8) is 0 Å². The lowest BCUT2D eigenvalue weighted by atomic mass is 10.2. The normalized spacial score (nSPS) is 12.0. The van der Waals surface area contributed by atoms with E-state index in [4.69, 9.17) is 4.74 Å². The summed E-state index contributed by atoms with van der Waals surface area (Å²) >= 11 is 1.80.